The van der Waals surface area contributed by atoms with Gasteiger partial charge in [-0.15, -0.1) is 0 Å². The van der Waals surface area contributed by atoms with Gasteiger partial charge in [-0.25, -0.2) is 0 Å². The van der Waals surface area contributed by atoms with Gasteiger partial charge in [-0.1, -0.05) is 42.4 Å². The highest BCUT2D eigenvalue weighted by Crippen LogP contribution is 2.19. The van der Waals surface area contributed by atoms with Crippen molar-refractivity contribution in [3.05, 3.63) is 0 Å². The van der Waals surface area contributed by atoms with Gasteiger partial charge in [0.05, 0.1) is 6.10 Å². The number of rotatable bonds is 7. The SMILES string of the molecule is CCCC[C@@H](CCI)OC1CCCCO1. The number of ether oxygens (including phenoxy) is 2. The van der Waals surface area contributed by atoms with Crippen molar-refractivity contribution < 1.29 is 9.47 Å². The molecule has 1 saturated heterocycles. The van der Waals surface area contributed by atoms with E-state index < -0.39 is 0 Å². The number of unbranched alkanes of at least 4 members (excludes halogenated alkanes) is 1. The lowest BCUT2D eigenvalue weighted by molar-refractivity contribution is -0.189. The second-order valence-electron chi connectivity index (χ2n) is 4.17. The molecule has 0 amide bonds. The van der Waals surface area contributed by atoms with E-state index in [1.165, 1.54) is 43.0 Å². The Morgan fingerprint density at radius 2 is 2.27 bits per heavy atom. The third-order valence-electron chi connectivity index (χ3n) is 2.79. The van der Waals surface area contributed by atoms with Gasteiger partial charge in [-0.2, -0.15) is 0 Å². The van der Waals surface area contributed by atoms with Crippen LogP contribution in [0.25, 0.3) is 0 Å². The van der Waals surface area contributed by atoms with Crippen molar-refractivity contribution in [3.8, 4) is 0 Å². The Labute approximate surface area is 107 Å². The molecule has 1 unspecified atom stereocenters. The average Bonchev–Trinajstić information content (AvgIpc) is 2.28. The lowest BCUT2D eigenvalue weighted by Gasteiger charge is -2.27. The van der Waals surface area contributed by atoms with Gasteiger partial charge in [0, 0.05) is 11.0 Å². The van der Waals surface area contributed by atoms with E-state index in [9.17, 15) is 0 Å². The first-order valence-corrected chi connectivity index (χ1v) is 7.72. The average molecular weight is 326 g/mol. The predicted molar refractivity (Wildman–Crippen MR) is 71.5 cm³/mol. The summed E-state index contributed by atoms with van der Waals surface area (Å²) in [6.07, 6.45) is 8.94. The van der Waals surface area contributed by atoms with Crippen molar-refractivity contribution >= 4 is 22.6 Å². The Morgan fingerprint density at radius 1 is 1.40 bits per heavy atom. The number of hydrogen-bond donors (Lipinski definition) is 0. The van der Waals surface area contributed by atoms with Gasteiger partial charge in [0.2, 0.25) is 0 Å². The van der Waals surface area contributed by atoms with E-state index in [0.717, 1.165) is 13.0 Å². The molecule has 90 valence electrons. The van der Waals surface area contributed by atoms with E-state index in [0.29, 0.717) is 6.10 Å². The minimum Gasteiger partial charge on any atom is -0.353 e. The fraction of sp³-hybridized carbons (Fsp3) is 1.00. The van der Waals surface area contributed by atoms with Crippen LogP contribution in [0, 0.1) is 0 Å². The number of halogens is 1. The van der Waals surface area contributed by atoms with Crippen molar-refractivity contribution in [2.45, 2.75) is 64.3 Å². The zero-order chi connectivity index (χ0) is 10.9. The smallest absolute Gasteiger partial charge is 0.157 e. The molecule has 0 aromatic rings. The van der Waals surface area contributed by atoms with E-state index in [2.05, 4.69) is 29.5 Å². The van der Waals surface area contributed by atoms with E-state index >= 15 is 0 Å². The van der Waals surface area contributed by atoms with Gasteiger partial charge in [0.25, 0.3) is 0 Å². The maximum absolute atomic E-state index is 6.01. The van der Waals surface area contributed by atoms with Gasteiger partial charge < -0.3 is 9.47 Å². The van der Waals surface area contributed by atoms with Gasteiger partial charge in [0.15, 0.2) is 6.29 Å². The molecule has 1 rings (SSSR count). The van der Waals surface area contributed by atoms with E-state index in [1.54, 1.807) is 0 Å². The van der Waals surface area contributed by atoms with Crippen LogP contribution >= 0.6 is 22.6 Å². The van der Waals surface area contributed by atoms with Crippen molar-refractivity contribution in [3.63, 3.8) is 0 Å². The number of hydrogen-bond acceptors (Lipinski definition) is 2. The Bertz CT molecular complexity index is 147. The molecule has 0 spiro atoms. The van der Waals surface area contributed by atoms with Crippen molar-refractivity contribution in [1.29, 1.82) is 0 Å². The predicted octanol–water partition coefficient (Wildman–Crippen LogP) is 3.91. The summed E-state index contributed by atoms with van der Waals surface area (Å²) >= 11 is 2.43. The van der Waals surface area contributed by atoms with Crippen LogP contribution in [0.4, 0.5) is 0 Å². The first-order chi connectivity index (χ1) is 7.36. The molecule has 0 N–H and O–H groups in total. The van der Waals surface area contributed by atoms with Crippen LogP contribution in [0.2, 0.25) is 0 Å². The third kappa shape index (κ3) is 6.07. The third-order valence-corrected chi connectivity index (χ3v) is 3.42. The molecule has 3 heteroatoms. The van der Waals surface area contributed by atoms with Crippen LogP contribution in [0.3, 0.4) is 0 Å². The summed E-state index contributed by atoms with van der Waals surface area (Å²) in [5.41, 5.74) is 0. The monoisotopic (exact) mass is 326 g/mol. The van der Waals surface area contributed by atoms with Gasteiger partial charge >= 0.3 is 0 Å². The lowest BCUT2D eigenvalue weighted by Crippen LogP contribution is -2.28. The highest BCUT2D eigenvalue weighted by molar-refractivity contribution is 14.1. The molecule has 2 atom stereocenters. The summed E-state index contributed by atoms with van der Waals surface area (Å²) in [7, 11) is 0. The highest BCUT2D eigenvalue weighted by Gasteiger charge is 2.18. The van der Waals surface area contributed by atoms with E-state index in [4.69, 9.17) is 9.47 Å². The maximum atomic E-state index is 6.01. The minimum absolute atomic E-state index is 0.0866. The standard InChI is InChI=1S/C12H23IO2/c1-2-3-6-11(8-9-13)15-12-7-4-5-10-14-12/h11-12H,2-10H2,1H3/t11-,12?/m0/s1. The summed E-state index contributed by atoms with van der Waals surface area (Å²) < 4.78 is 12.8. The molecular weight excluding hydrogens is 303 g/mol. The molecule has 0 bridgehead atoms. The Hall–Kier alpha value is 0.650. The molecule has 1 aliphatic rings. The van der Waals surface area contributed by atoms with E-state index in [-0.39, 0.29) is 6.29 Å². The largest absolute Gasteiger partial charge is 0.353 e. The zero-order valence-corrected chi connectivity index (χ0v) is 11.9. The van der Waals surface area contributed by atoms with Crippen LogP contribution in [-0.2, 0) is 9.47 Å². The molecular formula is C12H23IO2. The second kappa shape index (κ2) is 8.76. The normalized spacial score (nSPS) is 24.0. The maximum Gasteiger partial charge on any atom is 0.157 e. The summed E-state index contributed by atoms with van der Waals surface area (Å²) in [5, 5.41) is 0. The van der Waals surface area contributed by atoms with Gasteiger partial charge in [-0.3, -0.25) is 0 Å². The molecule has 1 aliphatic heterocycles. The lowest BCUT2D eigenvalue weighted by atomic mass is 10.1. The molecule has 0 radical (unpaired) electrons. The summed E-state index contributed by atoms with van der Waals surface area (Å²) in [5.74, 6) is 0. The number of alkyl halides is 1. The fourth-order valence-corrected chi connectivity index (χ4v) is 2.56. The Balaban J connectivity index is 2.21. The molecule has 0 aromatic heterocycles. The zero-order valence-electron chi connectivity index (χ0n) is 9.71. The Morgan fingerprint density at radius 3 is 2.87 bits per heavy atom. The summed E-state index contributed by atoms with van der Waals surface area (Å²) in [4.78, 5) is 0. The Kier molecular flexibility index (Phi) is 8.01. The van der Waals surface area contributed by atoms with Crippen molar-refractivity contribution in [2.75, 3.05) is 11.0 Å². The van der Waals surface area contributed by atoms with Crippen LogP contribution < -0.4 is 0 Å². The molecule has 0 saturated carbocycles. The van der Waals surface area contributed by atoms with Crippen molar-refractivity contribution in [1.82, 2.24) is 0 Å². The second-order valence-corrected chi connectivity index (χ2v) is 5.25. The van der Waals surface area contributed by atoms with E-state index in [1.807, 2.05) is 0 Å². The highest BCUT2D eigenvalue weighted by atomic mass is 127. The van der Waals surface area contributed by atoms with Crippen LogP contribution in [0.5, 0.6) is 0 Å². The molecule has 1 fully saturated rings. The first kappa shape index (κ1) is 13.7. The molecule has 1 heterocycles. The molecule has 0 aliphatic carbocycles. The van der Waals surface area contributed by atoms with Gasteiger partial charge in [0.1, 0.15) is 0 Å². The summed E-state index contributed by atoms with van der Waals surface area (Å²) in [6.45, 7) is 3.12. The van der Waals surface area contributed by atoms with Crippen LogP contribution in [-0.4, -0.2) is 23.4 Å². The topological polar surface area (TPSA) is 18.5 Å². The van der Waals surface area contributed by atoms with Crippen LogP contribution in [0.15, 0.2) is 0 Å². The van der Waals surface area contributed by atoms with Crippen LogP contribution in [0.1, 0.15) is 51.9 Å². The first-order valence-electron chi connectivity index (χ1n) is 6.19. The summed E-state index contributed by atoms with van der Waals surface area (Å²) in [6, 6.07) is 0. The molecule has 2 nitrogen and oxygen atoms in total. The minimum atomic E-state index is 0.0866. The molecule has 15 heavy (non-hydrogen) atoms. The molecule has 0 aromatic carbocycles. The van der Waals surface area contributed by atoms with Gasteiger partial charge in [-0.05, 0) is 32.1 Å². The quantitative estimate of drug-likeness (QED) is 0.522. The fourth-order valence-electron chi connectivity index (χ4n) is 1.87. The van der Waals surface area contributed by atoms with Crippen molar-refractivity contribution in [2.24, 2.45) is 0 Å².